The molecule has 1 saturated heterocycles. The van der Waals surface area contributed by atoms with Crippen molar-refractivity contribution in [3.8, 4) is 0 Å². The van der Waals surface area contributed by atoms with E-state index in [0.29, 0.717) is 12.8 Å². The molecule has 1 aliphatic rings. The lowest BCUT2D eigenvalue weighted by Crippen LogP contribution is -2.44. The van der Waals surface area contributed by atoms with Crippen LogP contribution in [-0.4, -0.2) is 47.9 Å². The molecule has 0 spiro atoms. The van der Waals surface area contributed by atoms with Crippen molar-refractivity contribution < 1.29 is 17.9 Å². The van der Waals surface area contributed by atoms with E-state index in [1.165, 1.54) is 6.07 Å². The molecule has 1 unspecified atom stereocenters. The Bertz CT molecular complexity index is 624. The van der Waals surface area contributed by atoms with Crippen LogP contribution in [0.25, 0.3) is 0 Å². The summed E-state index contributed by atoms with van der Waals surface area (Å²) in [6, 6.07) is 0.480. The van der Waals surface area contributed by atoms with Crippen molar-refractivity contribution in [2.75, 3.05) is 17.9 Å². The van der Waals surface area contributed by atoms with Gasteiger partial charge in [0.25, 0.3) is 0 Å². The van der Waals surface area contributed by atoms with E-state index in [-0.39, 0.29) is 24.1 Å². The highest BCUT2D eigenvalue weighted by atomic mass is 35.5. The minimum absolute atomic E-state index is 0.0458. The average Bonchev–Trinajstić information content (AvgIpc) is 2.88. The lowest BCUT2D eigenvalue weighted by atomic mass is 10.2. The summed E-state index contributed by atoms with van der Waals surface area (Å²) in [6.45, 7) is 2.13. The third kappa shape index (κ3) is 3.80. The quantitative estimate of drug-likeness (QED) is 0.631. The normalized spacial score (nSPS) is 19.4. The zero-order valence-corrected chi connectivity index (χ0v) is 12.9. The Labute approximate surface area is 127 Å². The monoisotopic (exact) mass is 334 g/mol. The van der Waals surface area contributed by atoms with Crippen molar-refractivity contribution in [3.63, 3.8) is 0 Å². The predicted molar refractivity (Wildman–Crippen MR) is 75.9 cm³/mol. The maximum Gasteiger partial charge on any atom is 0.324 e. The van der Waals surface area contributed by atoms with Crippen LogP contribution in [0.3, 0.4) is 0 Å². The average molecular weight is 335 g/mol. The van der Waals surface area contributed by atoms with E-state index in [1.54, 1.807) is 6.92 Å². The second-order valence-electron chi connectivity index (χ2n) is 4.35. The van der Waals surface area contributed by atoms with Gasteiger partial charge in [-0.1, -0.05) is 11.6 Å². The Morgan fingerprint density at radius 3 is 3.00 bits per heavy atom. The maximum atomic E-state index is 12.3. The van der Waals surface area contributed by atoms with E-state index in [2.05, 4.69) is 14.7 Å². The molecule has 10 heteroatoms. The predicted octanol–water partition coefficient (Wildman–Crippen LogP) is 0.814. The maximum absolute atomic E-state index is 12.3. The second kappa shape index (κ2) is 6.54. The van der Waals surface area contributed by atoms with Gasteiger partial charge in [-0.25, -0.2) is 9.97 Å². The highest BCUT2D eigenvalue weighted by Crippen LogP contribution is 2.23. The Kier molecular flexibility index (Phi) is 4.96. The second-order valence-corrected chi connectivity index (χ2v) is 6.36. The number of carbonyl (C=O) groups excluding carboxylic acids is 1. The fourth-order valence-corrected chi connectivity index (χ4v) is 3.62. The fraction of sp³-hybridized carbons (Fsp3) is 0.545. The van der Waals surface area contributed by atoms with E-state index in [4.69, 9.17) is 16.3 Å². The molecule has 0 saturated carbocycles. The molecule has 1 aromatic rings. The summed E-state index contributed by atoms with van der Waals surface area (Å²) in [5, 5.41) is 0.117. The van der Waals surface area contributed by atoms with Gasteiger partial charge in [0.2, 0.25) is 0 Å². The smallest absolute Gasteiger partial charge is 0.324 e. The summed E-state index contributed by atoms with van der Waals surface area (Å²) in [7, 11) is -3.91. The SMILES string of the molecule is CCOC(=O)C1CCCN1S(=O)(=O)Nc1cc(Cl)ncn1. The Morgan fingerprint density at radius 1 is 1.57 bits per heavy atom. The van der Waals surface area contributed by atoms with Gasteiger partial charge in [-0.05, 0) is 19.8 Å². The minimum atomic E-state index is -3.91. The minimum Gasteiger partial charge on any atom is -0.465 e. The van der Waals surface area contributed by atoms with E-state index in [1.807, 2.05) is 0 Å². The van der Waals surface area contributed by atoms with Gasteiger partial charge in [0.15, 0.2) is 0 Å². The number of esters is 1. The molecule has 1 aromatic heterocycles. The number of anilines is 1. The highest BCUT2D eigenvalue weighted by molar-refractivity contribution is 7.90. The number of rotatable bonds is 5. The molecule has 21 heavy (non-hydrogen) atoms. The largest absolute Gasteiger partial charge is 0.465 e. The number of nitrogens with one attached hydrogen (secondary N) is 1. The van der Waals surface area contributed by atoms with Gasteiger partial charge >= 0.3 is 16.2 Å². The summed E-state index contributed by atoms with van der Waals surface area (Å²) in [5.41, 5.74) is 0. The molecule has 1 aliphatic heterocycles. The first-order valence-corrected chi connectivity index (χ1v) is 8.19. The summed E-state index contributed by atoms with van der Waals surface area (Å²) in [4.78, 5) is 19.2. The lowest BCUT2D eigenvalue weighted by molar-refractivity contribution is -0.146. The molecule has 0 radical (unpaired) electrons. The molecule has 1 atom stereocenters. The van der Waals surface area contributed by atoms with Crippen LogP contribution in [0.15, 0.2) is 12.4 Å². The number of hydrogen-bond acceptors (Lipinski definition) is 6. The van der Waals surface area contributed by atoms with Gasteiger partial charge in [0, 0.05) is 12.6 Å². The van der Waals surface area contributed by atoms with Crippen molar-refractivity contribution in [1.29, 1.82) is 0 Å². The fourth-order valence-electron chi connectivity index (χ4n) is 2.08. The van der Waals surface area contributed by atoms with E-state index < -0.39 is 22.2 Å². The number of nitrogens with zero attached hydrogens (tertiary/aromatic N) is 3. The van der Waals surface area contributed by atoms with Crippen LogP contribution in [0, 0.1) is 0 Å². The van der Waals surface area contributed by atoms with Gasteiger partial charge in [0.05, 0.1) is 6.61 Å². The molecule has 8 nitrogen and oxygen atoms in total. The van der Waals surface area contributed by atoms with Crippen molar-refractivity contribution in [2.45, 2.75) is 25.8 Å². The summed E-state index contributed by atoms with van der Waals surface area (Å²) in [6.07, 6.45) is 2.17. The molecule has 1 N–H and O–H groups in total. The molecule has 0 aliphatic carbocycles. The number of halogens is 1. The molecule has 0 bridgehead atoms. The molecule has 1 fully saturated rings. The summed E-state index contributed by atoms with van der Waals surface area (Å²) < 4.78 is 32.9. The summed E-state index contributed by atoms with van der Waals surface area (Å²) >= 11 is 5.68. The molecule has 2 rings (SSSR count). The molecule has 0 aromatic carbocycles. The van der Waals surface area contributed by atoms with E-state index in [0.717, 1.165) is 10.6 Å². The van der Waals surface area contributed by atoms with Crippen LogP contribution in [0.5, 0.6) is 0 Å². The van der Waals surface area contributed by atoms with E-state index >= 15 is 0 Å². The third-order valence-corrected chi connectivity index (χ3v) is 4.67. The Morgan fingerprint density at radius 2 is 2.33 bits per heavy atom. The van der Waals surface area contributed by atoms with E-state index in [9.17, 15) is 13.2 Å². The standard InChI is InChI=1S/C11H15ClN4O4S/c1-2-20-11(17)8-4-3-5-16(8)21(18,19)15-10-6-9(12)13-7-14-10/h6-8H,2-5H2,1H3,(H,13,14,15). The number of aromatic nitrogens is 2. The van der Waals surface area contributed by atoms with Crippen molar-refractivity contribution in [3.05, 3.63) is 17.5 Å². The lowest BCUT2D eigenvalue weighted by Gasteiger charge is -2.22. The van der Waals surface area contributed by atoms with Crippen molar-refractivity contribution in [2.24, 2.45) is 0 Å². The Balaban J connectivity index is 2.16. The number of carbonyl (C=O) groups is 1. The van der Waals surface area contributed by atoms with Gasteiger partial charge in [-0.2, -0.15) is 12.7 Å². The first kappa shape index (κ1) is 15.9. The van der Waals surface area contributed by atoms with Crippen LogP contribution in [-0.2, 0) is 19.7 Å². The van der Waals surface area contributed by atoms with Crippen LogP contribution < -0.4 is 4.72 Å². The molecule has 2 heterocycles. The van der Waals surface area contributed by atoms with Gasteiger partial charge in [-0.15, -0.1) is 0 Å². The first-order chi connectivity index (χ1) is 9.94. The highest BCUT2D eigenvalue weighted by Gasteiger charge is 2.39. The zero-order chi connectivity index (χ0) is 15.5. The summed E-state index contributed by atoms with van der Waals surface area (Å²) in [5.74, 6) is -0.495. The van der Waals surface area contributed by atoms with Gasteiger partial charge in [-0.3, -0.25) is 9.52 Å². The van der Waals surface area contributed by atoms with Crippen LogP contribution >= 0.6 is 11.6 Å². The number of ether oxygens (including phenoxy) is 1. The third-order valence-electron chi connectivity index (χ3n) is 2.94. The van der Waals surface area contributed by atoms with Gasteiger partial charge in [0.1, 0.15) is 23.3 Å². The molecule has 116 valence electrons. The molecule has 0 amide bonds. The number of hydrogen-bond donors (Lipinski definition) is 1. The van der Waals surface area contributed by atoms with Crippen molar-refractivity contribution in [1.82, 2.24) is 14.3 Å². The molecular weight excluding hydrogens is 320 g/mol. The van der Waals surface area contributed by atoms with Crippen molar-refractivity contribution >= 4 is 33.6 Å². The first-order valence-electron chi connectivity index (χ1n) is 6.38. The molecular formula is C11H15ClN4O4S. The zero-order valence-electron chi connectivity index (χ0n) is 11.3. The van der Waals surface area contributed by atoms with Crippen LogP contribution in [0.4, 0.5) is 5.82 Å². The van der Waals surface area contributed by atoms with Crippen LogP contribution in [0.2, 0.25) is 5.15 Å². The Hall–Kier alpha value is -1.45. The van der Waals surface area contributed by atoms with Crippen LogP contribution in [0.1, 0.15) is 19.8 Å². The van der Waals surface area contributed by atoms with Gasteiger partial charge < -0.3 is 4.74 Å². The topological polar surface area (TPSA) is 101 Å².